The molecule has 1 N–H and O–H groups in total. The van der Waals surface area contributed by atoms with E-state index in [2.05, 4.69) is 5.32 Å². The maximum absolute atomic E-state index is 12.3. The predicted octanol–water partition coefficient (Wildman–Crippen LogP) is 5.14. The monoisotopic (exact) mass is 325 g/mol. The van der Waals surface area contributed by atoms with Gasteiger partial charge in [0.1, 0.15) is 0 Å². The normalized spacial score (nSPS) is 13.4. The first-order valence-corrected chi connectivity index (χ1v) is 7.95. The van der Waals surface area contributed by atoms with Crippen molar-refractivity contribution in [3.05, 3.63) is 29.3 Å². The molecule has 0 saturated heterocycles. The fourth-order valence-electron chi connectivity index (χ4n) is 1.68. The van der Waals surface area contributed by atoms with Crippen molar-refractivity contribution in [2.24, 2.45) is 0 Å². The maximum atomic E-state index is 12.3. The molecule has 1 aromatic rings. The first kappa shape index (κ1) is 17.7. The third-order valence-electron chi connectivity index (χ3n) is 2.71. The van der Waals surface area contributed by atoms with Crippen LogP contribution in [-0.4, -0.2) is 24.5 Å². The molecule has 1 aromatic carbocycles. The van der Waals surface area contributed by atoms with Gasteiger partial charge in [-0.25, -0.2) is 0 Å². The van der Waals surface area contributed by atoms with Crippen LogP contribution in [0.25, 0.3) is 0 Å². The second-order valence-corrected chi connectivity index (χ2v) is 6.10. The molecule has 1 nitrogen and oxygen atoms in total. The molecule has 0 heterocycles. The second-order valence-electron chi connectivity index (χ2n) is 4.57. The van der Waals surface area contributed by atoms with Gasteiger partial charge in [-0.2, -0.15) is 13.2 Å². The third kappa shape index (κ3) is 8.02. The zero-order valence-electron chi connectivity index (χ0n) is 11.3. The highest BCUT2D eigenvalue weighted by Gasteiger charge is 2.28. The van der Waals surface area contributed by atoms with Gasteiger partial charge < -0.3 is 5.32 Å². The number of alkyl halides is 3. The van der Waals surface area contributed by atoms with E-state index < -0.39 is 12.6 Å². The van der Waals surface area contributed by atoms with Crippen LogP contribution in [0.3, 0.4) is 0 Å². The van der Waals surface area contributed by atoms with Crippen molar-refractivity contribution >= 4 is 23.4 Å². The van der Waals surface area contributed by atoms with Gasteiger partial charge in [0.15, 0.2) is 0 Å². The van der Waals surface area contributed by atoms with Crippen molar-refractivity contribution < 1.29 is 13.2 Å². The number of hydrogen-bond donors (Lipinski definition) is 1. The van der Waals surface area contributed by atoms with Crippen molar-refractivity contribution in [2.75, 3.05) is 12.3 Å². The molecule has 0 aliphatic carbocycles. The van der Waals surface area contributed by atoms with E-state index in [-0.39, 0.29) is 12.5 Å². The lowest BCUT2D eigenvalue weighted by Gasteiger charge is -2.19. The summed E-state index contributed by atoms with van der Waals surface area (Å²) in [5, 5.41) is 3.82. The highest BCUT2D eigenvalue weighted by molar-refractivity contribution is 7.99. The van der Waals surface area contributed by atoms with E-state index in [1.807, 2.05) is 25.1 Å². The van der Waals surface area contributed by atoms with Crippen molar-refractivity contribution in [1.82, 2.24) is 5.32 Å². The Balaban J connectivity index is 2.47. The molecule has 0 aliphatic heterocycles. The van der Waals surface area contributed by atoms with Crippen LogP contribution in [0.5, 0.6) is 0 Å². The Morgan fingerprint density at radius 2 is 2.10 bits per heavy atom. The van der Waals surface area contributed by atoms with Gasteiger partial charge >= 0.3 is 6.18 Å². The van der Waals surface area contributed by atoms with Crippen LogP contribution in [0.2, 0.25) is 5.02 Å². The van der Waals surface area contributed by atoms with Crippen molar-refractivity contribution in [3.63, 3.8) is 0 Å². The summed E-state index contributed by atoms with van der Waals surface area (Å²) in [6, 6.07) is 7.22. The number of rotatable bonds is 8. The van der Waals surface area contributed by atoms with Gasteiger partial charge in [-0.1, -0.05) is 24.6 Å². The summed E-state index contributed by atoms with van der Waals surface area (Å²) in [4.78, 5) is 0.979. The van der Waals surface area contributed by atoms with Crippen LogP contribution >= 0.6 is 23.4 Å². The Morgan fingerprint density at radius 1 is 1.35 bits per heavy atom. The number of benzene rings is 1. The molecule has 0 radical (unpaired) electrons. The molecule has 0 amide bonds. The minimum absolute atomic E-state index is 0.108. The smallest absolute Gasteiger partial charge is 0.313 e. The lowest BCUT2D eigenvalue weighted by Crippen LogP contribution is -2.33. The molecular weight excluding hydrogens is 307 g/mol. The van der Waals surface area contributed by atoms with E-state index in [1.165, 1.54) is 11.8 Å². The molecule has 1 rings (SSSR count). The quantitative estimate of drug-likeness (QED) is 0.664. The number of hydrogen-bond acceptors (Lipinski definition) is 2. The van der Waals surface area contributed by atoms with Gasteiger partial charge in [0.2, 0.25) is 0 Å². The minimum Gasteiger partial charge on any atom is -0.313 e. The summed E-state index contributed by atoms with van der Waals surface area (Å²) in [5.41, 5.74) is 0. The Bertz CT molecular complexity index is 398. The SMILES string of the molecule is CCCNC(CCC(F)(F)F)CSc1cccc(Cl)c1. The van der Waals surface area contributed by atoms with Crippen LogP contribution in [0.15, 0.2) is 29.2 Å². The summed E-state index contributed by atoms with van der Waals surface area (Å²) in [5.74, 6) is 0.608. The van der Waals surface area contributed by atoms with Gasteiger partial charge in [-0.3, -0.25) is 0 Å². The fraction of sp³-hybridized carbons (Fsp3) is 0.571. The van der Waals surface area contributed by atoms with E-state index in [1.54, 1.807) is 6.07 Å². The average molecular weight is 326 g/mol. The summed E-state index contributed by atoms with van der Waals surface area (Å²) in [7, 11) is 0. The molecule has 0 aromatic heterocycles. The van der Waals surface area contributed by atoms with Crippen LogP contribution < -0.4 is 5.32 Å². The highest BCUT2D eigenvalue weighted by Crippen LogP contribution is 2.26. The molecule has 0 fully saturated rings. The zero-order chi connectivity index (χ0) is 15.0. The summed E-state index contributed by atoms with van der Waals surface area (Å²) >= 11 is 7.42. The van der Waals surface area contributed by atoms with Crippen molar-refractivity contribution in [2.45, 2.75) is 43.3 Å². The van der Waals surface area contributed by atoms with Crippen LogP contribution in [0.1, 0.15) is 26.2 Å². The molecule has 0 bridgehead atoms. The van der Waals surface area contributed by atoms with E-state index >= 15 is 0 Å². The van der Waals surface area contributed by atoms with Crippen LogP contribution in [0, 0.1) is 0 Å². The topological polar surface area (TPSA) is 12.0 Å². The first-order valence-electron chi connectivity index (χ1n) is 6.59. The highest BCUT2D eigenvalue weighted by atomic mass is 35.5. The number of halogens is 4. The van der Waals surface area contributed by atoms with Gasteiger partial charge in [0.25, 0.3) is 0 Å². The van der Waals surface area contributed by atoms with E-state index in [4.69, 9.17) is 11.6 Å². The third-order valence-corrected chi connectivity index (χ3v) is 4.10. The Morgan fingerprint density at radius 3 is 2.70 bits per heavy atom. The predicted molar refractivity (Wildman–Crippen MR) is 79.5 cm³/mol. The summed E-state index contributed by atoms with van der Waals surface area (Å²) in [6.45, 7) is 2.73. The Kier molecular flexibility index (Phi) is 7.77. The number of nitrogens with one attached hydrogen (secondary N) is 1. The largest absolute Gasteiger partial charge is 0.389 e. The molecule has 20 heavy (non-hydrogen) atoms. The van der Waals surface area contributed by atoms with Gasteiger partial charge in [0.05, 0.1) is 0 Å². The van der Waals surface area contributed by atoms with Crippen molar-refractivity contribution in [1.29, 1.82) is 0 Å². The fourth-order valence-corrected chi connectivity index (χ4v) is 3.00. The van der Waals surface area contributed by atoms with Crippen LogP contribution in [0.4, 0.5) is 13.2 Å². The zero-order valence-corrected chi connectivity index (χ0v) is 12.9. The summed E-state index contributed by atoms with van der Waals surface area (Å²) < 4.78 is 36.9. The van der Waals surface area contributed by atoms with Gasteiger partial charge in [-0.15, -0.1) is 11.8 Å². The Hall–Kier alpha value is -0.390. The summed E-state index contributed by atoms with van der Waals surface area (Å²) in [6.07, 6.45) is -3.82. The molecule has 0 spiro atoms. The lowest BCUT2D eigenvalue weighted by molar-refractivity contribution is -0.136. The molecule has 0 aliphatic rings. The van der Waals surface area contributed by atoms with Crippen LogP contribution in [-0.2, 0) is 0 Å². The molecule has 1 unspecified atom stereocenters. The lowest BCUT2D eigenvalue weighted by atomic mass is 10.2. The molecule has 6 heteroatoms. The minimum atomic E-state index is -4.09. The average Bonchev–Trinajstić information content (AvgIpc) is 2.37. The number of thioether (sulfide) groups is 1. The second kappa shape index (κ2) is 8.80. The van der Waals surface area contributed by atoms with E-state index in [0.29, 0.717) is 10.8 Å². The molecular formula is C14H19ClF3NS. The molecule has 114 valence electrons. The van der Waals surface area contributed by atoms with Gasteiger partial charge in [0, 0.05) is 28.1 Å². The van der Waals surface area contributed by atoms with Gasteiger partial charge in [-0.05, 0) is 37.6 Å². The van der Waals surface area contributed by atoms with E-state index in [9.17, 15) is 13.2 Å². The Labute approximate surface area is 127 Å². The van der Waals surface area contributed by atoms with E-state index in [0.717, 1.165) is 17.9 Å². The van der Waals surface area contributed by atoms with Crippen molar-refractivity contribution in [3.8, 4) is 0 Å². The molecule has 0 saturated carbocycles. The molecule has 1 atom stereocenters. The standard InChI is InChI=1S/C14H19ClF3NS/c1-2-8-19-12(6-7-14(16,17)18)10-20-13-5-3-4-11(15)9-13/h3-5,9,12,19H,2,6-8,10H2,1H3. The first-order chi connectivity index (χ1) is 9.40. The maximum Gasteiger partial charge on any atom is 0.389 e.